The smallest absolute Gasteiger partial charge is 0.276 e. The van der Waals surface area contributed by atoms with Gasteiger partial charge < -0.3 is 24.2 Å². The highest BCUT2D eigenvalue weighted by molar-refractivity contribution is 5.96. The van der Waals surface area contributed by atoms with E-state index in [0.29, 0.717) is 36.8 Å². The second-order valence-corrected chi connectivity index (χ2v) is 8.79. The summed E-state index contributed by atoms with van der Waals surface area (Å²) < 4.78 is 16.2. The summed E-state index contributed by atoms with van der Waals surface area (Å²) in [6.07, 6.45) is 2.35. The molecule has 0 radical (unpaired) electrons. The molecule has 34 heavy (non-hydrogen) atoms. The van der Waals surface area contributed by atoms with Crippen LogP contribution in [-0.4, -0.2) is 41.3 Å². The number of benzene rings is 2. The van der Waals surface area contributed by atoms with Gasteiger partial charge in [0, 0.05) is 24.7 Å². The Bertz CT molecular complexity index is 1230. The molecule has 8 heteroatoms. The fraction of sp³-hybridized carbons (Fsp3) is 0.346. The average molecular weight is 462 g/mol. The van der Waals surface area contributed by atoms with Gasteiger partial charge in [-0.3, -0.25) is 9.59 Å². The van der Waals surface area contributed by atoms with Crippen molar-refractivity contribution in [3.63, 3.8) is 0 Å². The van der Waals surface area contributed by atoms with E-state index in [0.717, 1.165) is 29.5 Å². The number of likely N-dealkylation sites (tertiary alicyclic amines) is 1. The fourth-order valence-corrected chi connectivity index (χ4v) is 4.36. The SMILES string of the molecule is Cc1ccc(-c2cc(C(=O)N3CCCC[C@H]3C(=O)NCc3ccc4c(c3)OCO4)no2)cc1C. The molecule has 2 aliphatic heterocycles. The van der Waals surface area contributed by atoms with Crippen molar-refractivity contribution in [3.05, 3.63) is 64.8 Å². The summed E-state index contributed by atoms with van der Waals surface area (Å²) in [6, 6.07) is 12.7. The Morgan fingerprint density at radius 3 is 2.74 bits per heavy atom. The standard InChI is InChI=1S/C26H27N3O5/c1-16-6-8-19(11-17(16)2)23-13-20(28-34-23)26(31)29-10-4-3-5-21(29)25(30)27-14-18-7-9-22-24(12-18)33-15-32-22/h6-9,11-13,21H,3-5,10,14-15H2,1-2H3,(H,27,30)/t21-/m0/s1. The summed E-state index contributed by atoms with van der Waals surface area (Å²) in [5, 5.41) is 6.98. The van der Waals surface area contributed by atoms with Gasteiger partial charge in [-0.1, -0.05) is 23.4 Å². The number of carbonyl (C=O) groups excluding carboxylic acids is 2. The topological polar surface area (TPSA) is 93.9 Å². The van der Waals surface area contributed by atoms with Gasteiger partial charge in [-0.2, -0.15) is 0 Å². The Labute approximate surface area is 197 Å². The second kappa shape index (κ2) is 9.21. The molecule has 1 aromatic heterocycles. The van der Waals surface area contributed by atoms with Crippen LogP contribution in [0, 0.1) is 13.8 Å². The Kier molecular flexibility index (Phi) is 5.96. The van der Waals surface area contributed by atoms with Crippen LogP contribution in [0.5, 0.6) is 11.5 Å². The Hall–Kier alpha value is -3.81. The maximum atomic E-state index is 13.3. The molecule has 2 aromatic carbocycles. The van der Waals surface area contributed by atoms with Gasteiger partial charge in [-0.15, -0.1) is 0 Å². The molecule has 0 unspecified atom stereocenters. The maximum absolute atomic E-state index is 13.3. The van der Waals surface area contributed by atoms with Crippen LogP contribution < -0.4 is 14.8 Å². The summed E-state index contributed by atoms with van der Waals surface area (Å²) in [7, 11) is 0. The van der Waals surface area contributed by atoms with E-state index in [9.17, 15) is 9.59 Å². The van der Waals surface area contributed by atoms with Gasteiger partial charge in [0.05, 0.1) is 0 Å². The van der Waals surface area contributed by atoms with Crippen molar-refractivity contribution in [3.8, 4) is 22.8 Å². The highest BCUT2D eigenvalue weighted by Gasteiger charge is 2.34. The number of hydrogen-bond acceptors (Lipinski definition) is 6. The molecule has 1 saturated heterocycles. The Morgan fingerprint density at radius 2 is 1.88 bits per heavy atom. The van der Waals surface area contributed by atoms with E-state index >= 15 is 0 Å². The molecule has 3 aromatic rings. The molecule has 0 aliphatic carbocycles. The minimum Gasteiger partial charge on any atom is -0.454 e. The van der Waals surface area contributed by atoms with Crippen LogP contribution in [0.15, 0.2) is 47.0 Å². The van der Waals surface area contributed by atoms with Crippen LogP contribution in [0.2, 0.25) is 0 Å². The van der Waals surface area contributed by atoms with Gasteiger partial charge in [-0.25, -0.2) is 0 Å². The first-order valence-corrected chi connectivity index (χ1v) is 11.5. The van der Waals surface area contributed by atoms with Gasteiger partial charge in [0.15, 0.2) is 23.0 Å². The third-order valence-electron chi connectivity index (χ3n) is 6.49. The van der Waals surface area contributed by atoms with Crippen molar-refractivity contribution in [1.29, 1.82) is 0 Å². The van der Waals surface area contributed by atoms with Gasteiger partial charge in [0.25, 0.3) is 5.91 Å². The van der Waals surface area contributed by atoms with Crippen molar-refractivity contribution in [1.82, 2.24) is 15.4 Å². The number of aromatic nitrogens is 1. The first kappa shape index (κ1) is 22.0. The zero-order chi connectivity index (χ0) is 23.7. The number of nitrogens with zero attached hydrogens (tertiary/aromatic N) is 2. The zero-order valence-electron chi connectivity index (χ0n) is 19.3. The molecular formula is C26H27N3O5. The van der Waals surface area contributed by atoms with Gasteiger partial charge in [-0.05, 0) is 68.0 Å². The van der Waals surface area contributed by atoms with Crippen molar-refractivity contribution in [2.45, 2.75) is 45.7 Å². The van der Waals surface area contributed by atoms with Crippen molar-refractivity contribution < 1.29 is 23.6 Å². The van der Waals surface area contributed by atoms with Crippen LogP contribution in [0.25, 0.3) is 11.3 Å². The first-order chi connectivity index (χ1) is 16.5. The summed E-state index contributed by atoms with van der Waals surface area (Å²) in [6.45, 7) is 5.13. The van der Waals surface area contributed by atoms with Gasteiger partial charge >= 0.3 is 0 Å². The third kappa shape index (κ3) is 4.35. The molecule has 8 nitrogen and oxygen atoms in total. The molecule has 5 rings (SSSR count). The van der Waals surface area contributed by atoms with Crippen LogP contribution >= 0.6 is 0 Å². The second-order valence-electron chi connectivity index (χ2n) is 8.79. The molecule has 3 heterocycles. The van der Waals surface area contributed by atoms with Crippen LogP contribution in [0.4, 0.5) is 0 Å². The largest absolute Gasteiger partial charge is 0.454 e. The summed E-state index contributed by atoms with van der Waals surface area (Å²) in [5.41, 5.74) is 4.30. The van der Waals surface area contributed by atoms with E-state index in [1.54, 1.807) is 11.0 Å². The third-order valence-corrected chi connectivity index (χ3v) is 6.49. The van der Waals surface area contributed by atoms with E-state index in [-0.39, 0.29) is 24.3 Å². The molecule has 0 saturated carbocycles. The number of nitrogens with one attached hydrogen (secondary N) is 1. The van der Waals surface area contributed by atoms with E-state index < -0.39 is 6.04 Å². The molecule has 176 valence electrons. The van der Waals surface area contributed by atoms with E-state index in [1.165, 1.54) is 5.56 Å². The number of fused-ring (bicyclic) bond motifs is 1. The van der Waals surface area contributed by atoms with E-state index in [4.69, 9.17) is 14.0 Å². The number of hydrogen-bond donors (Lipinski definition) is 1. The lowest BCUT2D eigenvalue weighted by Crippen LogP contribution is -2.51. The van der Waals surface area contributed by atoms with Crippen molar-refractivity contribution >= 4 is 11.8 Å². The van der Waals surface area contributed by atoms with Crippen molar-refractivity contribution in [2.75, 3.05) is 13.3 Å². The highest BCUT2D eigenvalue weighted by Crippen LogP contribution is 2.32. The normalized spacial score (nSPS) is 17.0. The quantitative estimate of drug-likeness (QED) is 0.617. The van der Waals surface area contributed by atoms with Crippen molar-refractivity contribution in [2.24, 2.45) is 0 Å². The van der Waals surface area contributed by atoms with Gasteiger partial charge in [0.1, 0.15) is 6.04 Å². The first-order valence-electron chi connectivity index (χ1n) is 11.5. The number of piperidine rings is 1. The Balaban J connectivity index is 1.27. The van der Waals surface area contributed by atoms with Gasteiger partial charge in [0.2, 0.25) is 12.7 Å². The predicted octanol–water partition coefficient (Wildman–Crippen LogP) is 4.00. The lowest BCUT2D eigenvalue weighted by atomic mass is 10.0. The van der Waals surface area contributed by atoms with Crippen LogP contribution in [0.1, 0.15) is 46.4 Å². The molecule has 1 atom stereocenters. The Morgan fingerprint density at radius 1 is 1.03 bits per heavy atom. The zero-order valence-corrected chi connectivity index (χ0v) is 19.3. The minimum absolute atomic E-state index is 0.177. The highest BCUT2D eigenvalue weighted by atomic mass is 16.7. The molecular weight excluding hydrogens is 434 g/mol. The fourth-order valence-electron chi connectivity index (χ4n) is 4.36. The molecule has 2 aliphatic rings. The number of aryl methyl sites for hydroxylation is 2. The maximum Gasteiger partial charge on any atom is 0.276 e. The monoisotopic (exact) mass is 461 g/mol. The van der Waals surface area contributed by atoms with Crippen LogP contribution in [-0.2, 0) is 11.3 Å². The predicted molar refractivity (Wildman–Crippen MR) is 125 cm³/mol. The molecule has 1 N–H and O–H groups in total. The van der Waals surface area contributed by atoms with Crippen LogP contribution in [0.3, 0.4) is 0 Å². The summed E-state index contributed by atoms with van der Waals surface area (Å²) >= 11 is 0. The van der Waals surface area contributed by atoms with E-state index in [1.807, 2.05) is 50.2 Å². The average Bonchev–Trinajstić information content (AvgIpc) is 3.53. The lowest BCUT2D eigenvalue weighted by molar-refractivity contribution is -0.126. The molecule has 0 spiro atoms. The number of amides is 2. The lowest BCUT2D eigenvalue weighted by Gasteiger charge is -2.34. The minimum atomic E-state index is -0.544. The molecule has 2 amide bonds. The van der Waals surface area contributed by atoms with E-state index in [2.05, 4.69) is 10.5 Å². The molecule has 1 fully saturated rings. The number of carbonyl (C=O) groups is 2. The summed E-state index contributed by atoms with van der Waals surface area (Å²) in [4.78, 5) is 27.9. The summed E-state index contributed by atoms with van der Waals surface area (Å²) in [5.74, 6) is 1.44. The number of rotatable bonds is 5. The molecule has 0 bridgehead atoms. The number of ether oxygens (including phenoxy) is 2.